The molecule has 0 saturated carbocycles. The highest BCUT2D eigenvalue weighted by molar-refractivity contribution is 6.21. The van der Waals surface area contributed by atoms with E-state index in [0.29, 0.717) is 6.07 Å². The number of nitrogens with one attached hydrogen (secondary N) is 1. The molecule has 1 aromatic heterocycles. The van der Waals surface area contributed by atoms with Gasteiger partial charge in [0.15, 0.2) is 11.6 Å². The van der Waals surface area contributed by atoms with Crippen molar-refractivity contribution in [3.05, 3.63) is 81.1 Å². The molecule has 0 bridgehead atoms. The number of H-pyrrole nitrogens is 1. The fourth-order valence-electron chi connectivity index (χ4n) is 2.75. The molecule has 134 valence electrons. The van der Waals surface area contributed by atoms with Crippen molar-refractivity contribution in [3.63, 3.8) is 0 Å². The quantitative estimate of drug-likeness (QED) is 0.698. The van der Waals surface area contributed by atoms with Crippen LogP contribution in [0, 0.1) is 11.6 Å². The summed E-state index contributed by atoms with van der Waals surface area (Å²) in [5, 5.41) is -0.0345. The van der Waals surface area contributed by atoms with Gasteiger partial charge >= 0.3 is 5.97 Å². The maximum Gasteiger partial charge on any atom is 0.369 e. The van der Waals surface area contributed by atoms with Crippen LogP contribution in [0.3, 0.4) is 0 Å². The van der Waals surface area contributed by atoms with Crippen LogP contribution in [0.2, 0.25) is 0 Å². The largest absolute Gasteiger partial charge is 0.369 e. The number of amides is 2. The summed E-state index contributed by atoms with van der Waals surface area (Å²) < 4.78 is 26.7. The molecule has 1 N–H and O–H groups in total. The SMILES string of the molecule is O=C(ON1C(=O)c2ccccc2C1=O)c1c[nH]c2cc(F)c(F)cc2c1=O. The second-order valence-electron chi connectivity index (χ2n) is 5.67. The number of aromatic nitrogens is 1. The van der Waals surface area contributed by atoms with Crippen molar-refractivity contribution in [2.45, 2.75) is 0 Å². The number of aromatic amines is 1. The third-order valence-corrected chi connectivity index (χ3v) is 4.07. The molecule has 0 fully saturated rings. The lowest BCUT2D eigenvalue weighted by molar-refractivity contribution is -0.0585. The van der Waals surface area contributed by atoms with E-state index < -0.39 is 40.4 Å². The van der Waals surface area contributed by atoms with E-state index >= 15 is 0 Å². The highest BCUT2D eigenvalue weighted by atomic mass is 19.2. The van der Waals surface area contributed by atoms with E-state index in [-0.39, 0.29) is 27.1 Å². The van der Waals surface area contributed by atoms with Gasteiger partial charge in [-0.3, -0.25) is 14.4 Å². The summed E-state index contributed by atoms with van der Waals surface area (Å²) >= 11 is 0. The Kier molecular flexibility index (Phi) is 3.58. The van der Waals surface area contributed by atoms with Crippen LogP contribution in [0.4, 0.5) is 8.78 Å². The number of pyridine rings is 1. The number of imide groups is 1. The minimum absolute atomic E-state index is 0.0313. The van der Waals surface area contributed by atoms with E-state index in [1.165, 1.54) is 24.3 Å². The van der Waals surface area contributed by atoms with Crippen molar-refractivity contribution < 1.29 is 28.0 Å². The Labute approximate surface area is 148 Å². The van der Waals surface area contributed by atoms with Crippen LogP contribution >= 0.6 is 0 Å². The summed E-state index contributed by atoms with van der Waals surface area (Å²) in [5.74, 6) is -5.43. The molecule has 7 nitrogen and oxygen atoms in total. The number of carbonyl (C=O) groups is 3. The average molecular weight is 370 g/mol. The molecule has 2 heterocycles. The highest BCUT2D eigenvalue weighted by Gasteiger charge is 2.39. The van der Waals surface area contributed by atoms with Gasteiger partial charge in [0.05, 0.1) is 16.6 Å². The van der Waals surface area contributed by atoms with Crippen LogP contribution in [0.25, 0.3) is 10.9 Å². The smallest absolute Gasteiger partial charge is 0.360 e. The number of halogens is 2. The average Bonchev–Trinajstić information content (AvgIpc) is 2.89. The molecule has 0 aliphatic carbocycles. The van der Waals surface area contributed by atoms with Crippen LogP contribution < -0.4 is 5.43 Å². The molecule has 3 aromatic rings. The Hall–Kier alpha value is -3.88. The lowest BCUT2D eigenvalue weighted by Crippen LogP contribution is -2.34. The molecule has 2 amide bonds. The van der Waals surface area contributed by atoms with Crippen LogP contribution in [0.15, 0.2) is 47.4 Å². The summed E-state index contributed by atoms with van der Waals surface area (Å²) in [5.41, 5.74) is -1.44. The zero-order chi connectivity index (χ0) is 19.3. The lowest BCUT2D eigenvalue weighted by Gasteiger charge is -2.12. The first-order chi connectivity index (χ1) is 12.9. The second kappa shape index (κ2) is 5.84. The van der Waals surface area contributed by atoms with Gasteiger partial charge in [-0.05, 0) is 18.2 Å². The summed E-state index contributed by atoms with van der Waals surface area (Å²) in [6.07, 6.45) is 0.933. The Bertz CT molecular complexity index is 1180. The van der Waals surface area contributed by atoms with Gasteiger partial charge in [-0.25, -0.2) is 13.6 Å². The van der Waals surface area contributed by atoms with Gasteiger partial charge in [-0.15, -0.1) is 0 Å². The predicted molar refractivity (Wildman–Crippen MR) is 86.8 cm³/mol. The van der Waals surface area contributed by atoms with Crippen molar-refractivity contribution in [3.8, 4) is 0 Å². The number of rotatable bonds is 2. The molecule has 4 rings (SSSR count). The van der Waals surface area contributed by atoms with E-state index in [1.807, 2.05) is 0 Å². The molecule has 0 unspecified atom stereocenters. The van der Waals surface area contributed by atoms with Gasteiger partial charge in [0, 0.05) is 17.6 Å². The van der Waals surface area contributed by atoms with Crippen LogP contribution in [-0.4, -0.2) is 27.8 Å². The van der Waals surface area contributed by atoms with E-state index in [0.717, 1.165) is 12.3 Å². The van der Waals surface area contributed by atoms with Crippen molar-refractivity contribution >= 4 is 28.7 Å². The van der Waals surface area contributed by atoms with Gasteiger partial charge in [-0.2, -0.15) is 0 Å². The zero-order valence-electron chi connectivity index (χ0n) is 13.3. The normalized spacial score (nSPS) is 13.2. The molecular weight excluding hydrogens is 362 g/mol. The van der Waals surface area contributed by atoms with Crippen molar-refractivity contribution in [2.24, 2.45) is 0 Å². The Morgan fingerprint density at radius 3 is 2.19 bits per heavy atom. The van der Waals surface area contributed by atoms with E-state index in [2.05, 4.69) is 4.98 Å². The molecule has 0 saturated heterocycles. The van der Waals surface area contributed by atoms with Gasteiger partial charge in [0.1, 0.15) is 5.56 Å². The van der Waals surface area contributed by atoms with Crippen molar-refractivity contribution in [1.82, 2.24) is 10.0 Å². The predicted octanol–water partition coefficient (Wildman–Crippen LogP) is 2.17. The first kappa shape index (κ1) is 16.6. The minimum Gasteiger partial charge on any atom is -0.360 e. The Morgan fingerprint density at radius 1 is 0.963 bits per heavy atom. The topological polar surface area (TPSA) is 96.5 Å². The number of hydrogen-bond donors (Lipinski definition) is 1. The molecule has 9 heteroatoms. The zero-order valence-corrected chi connectivity index (χ0v) is 13.3. The summed E-state index contributed by atoms with van der Waals surface area (Å²) in [6, 6.07) is 7.27. The summed E-state index contributed by atoms with van der Waals surface area (Å²) in [4.78, 5) is 56.4. The molecule has 0 atom stereocenters. The number of hydroxylamine groups is 2. The summed E-state index contributed by atoms with van der Waals surface area (Å²) in [6.45, 7) is 0. The Morgan fingerprint density at radius 2 is 1.56 bits per heavy atom. The number of benzene rings is 2. The van der Waals surface area contributed by atoms with E-state index in [9.17, 15) is 28.0 Å². The molecule has 27 heavy (non-hydrogen) atoms. The lowest BCUT2D eigenvalue weighted by atomic mass is 10.1. The molecular formula is C18H8F2N2O5. The van der Waals surface area contributed by atoms with Crippen molar-refractivity contribution in [1.29, 1.82) is 0 Å². The first-order valence-corrected chi connectivity index (χ1v) is 7.59. The number of hydrogen-bond acceptors (Lipinski definition) is 5. The van der Waals surface area contributed by atoms with Crippen LogP contribution in [-0.2, 0) is 4.84 Å². The highest BCUT2D eigenvalue weighted by Crippen LogP contribution is 2.23. The molecule has 2 aromatic carbocycles. The maximum atomic E-state index is 13.4. The fraction of sp³-hybridized carbons (Fsp3) is 0. The van der Waals surface area contributed by atoms with Crippen LogP contribution in [0.5, 0.6) is 0 Å². The van der Waals surface area contributed by atoms with Gasteiger partial charge in [0.25, 0.3) is 11.8 Å². The van der Waals surface area contributed by atoms with Crippen molar-refractivity contribution in [2.75, 3.05) is 0 Å². The van der Waals surface area contributed by atoms with E-state index in [4.69, 9.17) is 4.84 Å². The van der Waals surface area contributed by atoms with Gasteiger partial charge in [-0.1, -0.05) is 17.2 Å². The number of fused-ring (bicyclic) bond motifs is 2. The van der Waals surface area contributed by atoms with E-state index in [1.54, 1.807) is 0 Å². The monoisotopic (exact) mass is 370 g/mol. The minimum atomic E-state index is -1.29. The maximum absolute atomic E-state index is 13.4. The van der Waals surface area contributed by atoms with Gasteiger partial charge < -0.3 is 9.82 Å². The number of carbonyl (C=O) groups excluding carboxylic acids is 3. The number of nitrogens with zero attached hydrogens (tertiary/aromatic N) is 1. The first-order valence-electron chi connectivity index (χ1n) is 7.59. The molecule has 0 spiro atoms. The fourth-order valence-corrected chi connectivity index (χ4v) is 2.75. The summed E-state index contributed by atoms with van der Waals surface area (Å²) in [7, 11) is 0. The second-order valence-corrected chi connectivity index (χ2v) is 5.67. The third-order valence-electron chi connectivity index (χ3n) is 4.07. The molecule has 1 aliphatic heterocycles. The molecule has 1 aliphatic rings. The van der Waals surface area contributed by atoms with Crippen LogP contribution in [0.1, 0.15) is 31.1 Å². The Balaban J connectivity index is 1.69. The molecule has 0 radical (unpaired) electrons. The van der Waals surface area contributed by atoms with Gasteiger partial charge in [0.2, 0.25) is 5.43 Å². The standard InChI is InChI=1S/C18H8F2N2O5/c19-12-5-10-14(6-13(12)20)21-7-11(15(10)23)18(26)27-22-16(24)8-3-1-2-4-9(8)17(22)25/h1-7H,(H,21,23). The third kappa shape index (κ3) is 2.48.